The van der Waals surface area contributed by atoms with E-state index in [1.165, 1.54) is 6.92 Å². The molecule has 0 aliphatic carbocycles. The van der Waals surface area contributed by atoms with Crippen molar-refractivity contribution in [2.75, 3.05) is 5.75 Å². The Morgan fingerprint density at radius 3 is 2.09 bits per heavy atom. The van der Waals surface area contributed by atoms with Gasteiger partial charge in [-0.3, -0.25) is 9.26 Å². The summed E-state index contributed by atoms with van der Waals surface area (Å²) in [7, 11) is -4.17. The van der Waals surface area contributed by atoms with Gasteiger partial charge in [0.25, 0.3) is 10.1 Å². The molecule has 1 atom stereocenters. The molecule has 7 heteroatoms. The molecule has 1 unspecified atom stereocenters. The van der Waals surface area contributed by atoms with Crippen LogP contribution in [0.1, 0.15) is 17.3 Å². The number of ether oxygens (including phenoxy) is 1. The summed E-state index contributed by atoms with van der Waals surface area (Å²) in [6.07, 6.45) is -0.920. The number of carbonyl (C=O) groups excluding carboxylic acids is 1. The molecule has 2 rings (SSSR count). The van der Waals surface area contributed by atoms with Gasteiger partial charge in [0.2, 0.25) is 0 Å². The Morgan fingerprint density at radius 2 is 1.57 bits per heavy atom. The number of hydrogen-bond acceptors (Lipinski definition) is 4. The standard InChI is InChI=1S/C16H16O5S.FH/c1-12(11-22(18,19)20)21-16(17)15-9-7-14(8-10-15)13-5-3-2-4-6-13;/h2-10,12H,11H2,1H3,(H,18,19,20);1H. The van der Waals surface area contributed by atoms with Crippen molar-refractivity contribution in [1.29, 1.82) is 0 Å². The zero-order chi connectivity index (χ0) is 16.2. The number of halogens is 1. The third-order valence-corrected chi connectivity index (χ3v) is 3.87. The lowest BCUT2D eigenvalue weighted by Gasteiger charge is -2.11. The van der Waals surface area contributed by atoms with Crippen LogP contribution in [0.3, 0.4) is 0 Å². The first-order valence-corrected chi connectivity index (χ1v) is 8.28. The van der Waals surface area contributed by atoms with Crippen LogP contribution in [-0.2, 0) is 14.9 Å². The van der Waals surface area contributed by atoms with Gasteiger partial charge in [-0.15, -0.1) is 0 Å². The molecule has 0 aliphatic heterocycles. The van der Waals surface area contributed by atoms with Gasteiger partial charge in [-0.1, -0.05) is 42.5 Å². The van der Waals surface area contributed by atoms with Crippen molar-refractivity contribution in [3.05, 3.63) is 60.2 Å². The molecule has 0 saturated heterocycles. The van der Waals surface area contributed by atoms with Crippen LogP contribution in [0, 0.1) is 0 Å². The smallest absolute Gasteiger partial charge is 0.338 e. The van der Waals surface area contributed by atoms with Crippen molar-refractivity contribution in [1.82, 2.24) is 0 Å². The summed E-state index contributed by atoms with van der Waals surface area (Å²) in [4.78, 5) is 11.9. The van der Waals surface area contributed by atoms with E-state index in [2.05, 4.69) is 0 Å². The molecule has 1 N–H and O–H groups in total. The second-order valence-corrected chi connectivity index (χ2v) is 6.41. The second kappa shape index (κ2) is 7.85. The Bertz CT molecular complexity index is 742. The molecule has 0 saturated carbocycles. The minimum absolute atomic E-state index is 0. The average Bonchev–Trinajstić information content (AvgIpc) is 2.46. The van der Waals surface area contributed by atoms with E-state index in [0.717, 1.165) is 11.1 Å². The molecule has 0 radical (unpaired) electrons. The summed E-state index contributed by atoms with van der Waals surface area (Å²) in [6.45, 7) is 1.41. The van der Waals surface area contributed by atoms with Crippen molar-refractivity contribution in [2.45, 2.75) is 13.0 Å². The first kappa shape index (κ1) is 18.8. The highest BCUT2D eigenvalue weighted by Crippen LogP contribution is 2.19. The molecule has 0 aliphatic rings. The van der Waals surface area contributed by atoms with E-state index in [-0.39, 0.29) is 4.70 Å². The van der Waals surface area contributed by atoms with Crippen LogP contribution in [0.4, 0.5) is 4.70 Å². The number of carbonyl (C=O) groups is 1. The average molecular weight is 340 g/mol. The Kier molecular flexibility index (Phi) is 6.41. The van der Waals surface area contributed by atoms with Crippen LogP contribution in [0.2, 0.25) is 0 Å². The molecule has 2 aromatic carbocycles. The predicted molar refractivity (Wildman–Crippen MR) is 85.7 cm³/mol. The van der Waals surface area contributed by atoms with E-state index >= 15 is 0 Å². The van der Waals surface area contributed by atoms with E-state index in [1.54, 1.807) is 24.3 Å². The minimum atomic E-state index is -4.17. The summed E-state index contributed by atoms with van der Waals surface area (Å²) in [6, 6.07) is 16.5. The third-order valence-electron chi connectivity index (χ3n) is 2.98. The topological polar surface area (TPSA) is 80.7 Å². The van der Waals surface area contributed by atoms with Gasteiger partial charge in [0.15, 0.2) is 0 Å². The molecule has 0 fully saturated rings. The number of hydrogen-bond donors (Lipinski definition) is 1. The van der Waals surface area contributed by atoms with E-state index < -0.39 is 27.9 Å². The molecule has 0 aromatic heterocycles. The van der Waals surface area contributed by atoms with Crippen molar-refractivity contribution in [2.24, 2.45) is 0 Å². The summed E-state index contributed by atoms with van der Waals surface area (Å²) in [5.74, 6) is -1.25. The van der Waals surface area contributed by atoms with Gasteiger partial charge in [-0.2, -0.15) is 8.42 Å². The van der Waals surface area contributed by atoms with Crippen LogP contribution < -0.4 is 0 Å². The van der Waals surface area contributed by atoms with Crippen LogP contribution >= 0.6 is 0 Å². The maximum absolute atomic E-state index is 11.9. The van der Waals surface area contributed by atoms with Crippen molar-refractivity contribution < 1.29 is 27.2 Å². The lowest BCUT2D eigenvalue weighted by atomic mass is 10.0. The largest absolute Gasteiger partial charge is 0.458 e. The van der Waals surface area contributed by atoms with E-state index in [1.807, 2.05) is 30.3 Å². The molecule has 124 valence electrons. The number of esters is 1. The van der Waals surface area contributed by atoms with Crippen LogP contribution in [0.25, 0.3) is 11.1 Å². The maximum Gasteiger partial charge on any atom is 0.338 e. The molecular weight excluding hydrogens is 323 g/mol. The highest BCUT2D eigenvalue weighted by molar-refractivity contribution is 7.85. The number of rotatable bonds is 5. The molecule has 0 amide bonds. The Hall–Kier alpha value is -2.25. The summed E-state index contributed by atoms with van der Waals surface area (Å²) in [5, 5.41) is 0. The highest BCUT2D eigenvalue weighted by Gasteiger charge is 2.17. The Morgan fingerprint density at radius 1 is 1.04 bits per heavy atom. The zero-order valence-electron chi connectivity index (χ0n) is 12.4. The molecule has 23 heavy (non-hydrogen) atoms. The monoisotopic (exact) mass is 340 g/mol. The van der Waals surface area contributed by atoms with Gasteiger partial charge in [0, 0.05) is 0 Å². The van der Waals surface area contributed by atoms with Gasteiger partial charge >= 0.3 is 5.97 Å². The fraction of sp³-hybridized carbons (Fsp3) is 0.188. The molecule has 0 spiro atoms. The van der Waals surface area contributed by atoms with E-state index in [4.69, 9.17) is 9.29 Å². The maximum atomic E-state index is 11.9. The Labute approximate surface area is 134 Å². The minimum Gasteiger partial charge on any atom is -0.458 e. The quantitative estimate of drug-likeness (QED) is 0.668. The van der Waals surface area contributed by atoms with E-state index in [0.29, 0.717) is 5.56 Å². The second-order valence-electron chi connectivity index (χ2n) is 4.91. The van der Waals surface area contributed by atoms with Gasteiger partial charge < -0.3 is 4.74 Å². The SMILES string of the molecule is CC(CS(=O)(=O)O)OC(=O)c1ccc(-c2ccccc2)cc1.F. The zero-order valence-corrected chi connectivity index (χ0v) is 13.2. The molecule has 0 heterocycles. The van der Waals surface area contributed by atoms with Gasteiger partial charge in [0.1, 0.15) is 11.9 Å². The lowest BCUT2D eigenvalue weighted by molar-refractivity contribution is 0.0382. The van der Waals surface area contributed by atoms with Gasteiger partial charge in [0.05, 0.1) is 5.56 Å². The lowest BCUT2D eigenvalue weighted by Crippen LogP contribution is -2.23. The molecule has 2 aromatic rings. The first-order chi connectivity index (χ1) is 10.3. The van der Waals surface area contributed by atoms with Crippen molar-refractivity contribution in [3.63, 3.8) is 0 Å². The van der Waals surface area contributed by atoms with E-state index in [9.17, 15) is 13.2 Å². The van der Waals surface area contributed by atoms with Crippen LogP contribution in [0.15, 0.2) is 54.6 Å². The fourth-order valence-electron chi connectivity index (χ4n) is 2.01. The van der Waals surface area contributed by atoms with Gasteiger partial charge in [-0.05, 0) is 30.2 Å². The number of benzene rings is 2. The molecular formula is C16H17FO5S. The first-order valence-electron chi connectivity index (χ1n) is 6.67. The normalized spacial score (nSPS) is 12.1. The molecule has 5 nitrogen and oxygen atoms in total. The summed E-state index contributed by atoms with van der Waals surface area (Å²) < 4.78 is 35.1. The fourth-order valence-corrected chi connectivity index (χ4v) is 2.67. The van der Waals surface area contributed by atoms with Gasteiger partial charge in [-0.25, -0.2) is 4.79 Å². The highest BCUT2D eigenvalue weighted by atomic mass is 32.2. The third kappa shape index (κ3) is 5.80. The molecule has 0 bridgehead atoms. The summed E-state index contributed by atoms with van der Waals surface area (Å²) >= 11 is 0. The summed E-state index contributed by atoms with van der Waals surface area (Å²) in [5.41, 5.74) is 2.31. The van der Waals surface area contributed by atoms with Crippen LogP contribution in [0.5, 0.6) is 0 Å². The van der Waals surface area contributed by atoms with Crippen molar-refractivity contribution >= 4 is 16.1 Å². The Balaban J connectivity index is 0.00000264. The predicted octanol–water partition coefficient (Wildman–Crippen LogP) is 2.94. The van der Waals surface area contributed by atoms with Crippen molar-refractivity contribution in [3.8, 4) is 11.1 Å². The van der Waals surface area contributed by atoms with Crippen LogP contribution in [-0.4, -0.2) is 30.8 Å².